The van der Waals surface area contributed by atoms with Crippen LogP contribution in [0.1, 0.15) is 24.8 Å². The normalized spacial score (nSPS) is 21.9. The molecule has 100 valence electrons. The van der Waals surface area contributed by atoms with Gasteiger partial charge in [-0.3, -0.25) is 10.1 Å². The fourth-order valence-corrected chi connectivity index (χ4v) is 2.39. The maximum Gasteiger partial charge on any atom is 0.270 e. The van der Waals surface area contributed by atoms with Crippen LogP contribution in [-0.4, -0.2) is 22.7 Å². The van der Waals surface area contributed by atoms with Crippen molar-refractivity contribution in [1.29, 1.82) is 5.26 Å². The highest BCUT2D eigenvalue weighted by atomic mass is 16.6. The molecule has 1 saturated carbocycles. The summed E-state index contributed by atoms with van der Waals surface area (Å²) in [7, 11) is 0. The number of nitrogens with zero attached hydrogens (tertiary/aromatic N) is 2. The molecule has 2 N–H and O–H groups in total. The minimum Gasteiger partial charge on any atom is -0.393 e. The van der Waals surface area contributed by atoms with Gasteiger partial charge in [-0.1, -0.05) is 6.42 Å². The molecule has 2 rings (SSSR count). The second-order valence-electron chi connectivity index (χ2n) is 4.74. The number of hydrogen-bond acceptors (Lipinski definition) is 5. The second kappa shape index (κ2) is 5.67. The zero-order valence-corrected chi connectivity index (χ0v) is 10.4. The number of non-ortho nitro benzene ring substituents is 1. The van der Waals surface area contributed by atoms with Crippen molar-refractivity contribution >= 4 is 11.4 Å². The highest BCUT2D eigenvalue weighted by Crippen LogP contribution is 2.27. The number of rotatable bonds is 4. The van der Waals surface area contributed by atoms with Crippen molar-refractivity contribution in [2.24, 2.45) is 5.92 Å². The van der Waals surface area contributed by atoms with Crippen molar-refractivity contribution in [2.75, 3.05) is 11.9 Å². The van der Waals surface area contributed by atoms with Gasteiger partial charge in [0.25, 0.3) is 5.69 Å². The summed E-state index contributed by atoms with van der Waals surface area (Å²) in [5, 5.41) is 32.5. The first-order valence-corrected chi connectivity index (χ1v) is 6.22. The third-order valence-corrected chi connectivity index (χ3v) is 3.51. The standard InChI is InChI=1S/C13H15N3O3/c14-7-10-6-11(16(18)19)4-5-12(10)15-8-9-2-1-3-13(9)17/h4-6,9,13,15,17H,1-3,8H2. The Kier molecular flexibility index (Phi) is 3.97. The summed E-state index contributed by atoms with van der Waals surface area (Å²) in [5.74, 6) is 0.182. The molecule has 0 aliphatic heterocycles. The minimum atomic E-state index is -0.522. The maximum absolute atomic E-state index is 10.6. The third-order valence-electron chi connectivity index (χ3n) is 3.51. The molecule has 0 aromatic heterocycles. The van der Waals surface area contributed by atoms with Gasteiger partial charge in [-0.25, -0.2) is 0 Å². The average molecular weight is 261 g/mol. The molecule has 1 aliphatic rings. The Balaban J connectivity index is 2.08. The Bertz CT molecular complexity index is 524. The van der Waals surface area contributed by atoms with E-state index in [1.807, 2.05) is 6.07 Å². The van der Waals surface area contributed by atoms with Crippen LogP contribution in [0.15, 0.2) is 18.2 Å². The molecule has 0 radical (unpaired) electrons. The molecule has 0 amide bonds. The monoisotopic (exact) mass is 261 g/mol. The van der Waals surface area contributed by atoms with Gasteiger partial charge in [-0.05, 0) is 18.9 Å². The molecular formula is C13H15N3O3. The molecule has 19 heavy (non-hydrogen) atoms. The number of aliphatic hydroxyl groups is 1. The number of nitrogens with one attached hydrogen (secondary N) is 1. The summed E-state index contributed by atoms with van der Waals surface area (Å²) in [6, 6.07) is 6.11. The van der Waals surface area contributed by atoms with Crippen LogP contribution in [0.3, 0.4) is 0 Å². The van der Waals surface area contributed by atoms with E-state index in [2.05, 4.69) is 5.32 Å². The van der Waals surface area contributed by atoms with E-state index in [9.17, 15) is 15.2 Å². The topological polar surface area (TPSA) is 99.2 Å². The van der Waals surface area contributed by atoms with Crippen LogP contribution in [0.4, 0.5) is 11.4 Å². The number of hydrogen-bond donors (Lipinski definition) is 2. The van der Waals surface area contributed by atoms with E-state index in [-0.39, 0.29) is 23.3 Å². The largest absolute Gasteiger partial charge is 0.393 e. The van der Waals surface area contributed by atoms with Gasteiger partial charge < -0.3 is 10.4 Å². The maximum atomic E-state index is 10.6. The molecule has 1 fully saturated rings. The summed E-state index contributed by atoms with van der Waals surface area (Å²) < 4.78 is 0. The van der Waals surface area contributed by atoms with Crippen LogP contribution >= 0.6 is 0 Å². The SMILES string of the molecule is N#Cc1cc([N+](=O)[O-])ccc1NCC1CCCC1O. The summed E-state index contributed by atoms with van der Waals surface area (Å²) in [5.41, 5.74) is 0.733. The predicted molar refractivity (Wildman–Crippen MR) is 69.6 cm³/mol. The van der Waals surface area contributed by atoms with Gasteiger partial charge in [0.05, 0.1) is 22.3 Å². The highest BCUT2D eigenvalue weighted by Gasteiger charge is 2.25. The van der Waals surface area contributed by atoms with Crippen LogP contribution in [0.2, 0.25) is 0 Å². The number of anilines is 1. The van der Waals surface area contributed by atoms with Crippen molar-refractivity contribution in [3.05, 3.63) is 33.9 Å². The molecule has 0 saturated heterocycles. The fraction of sp³-hybridized carbons (Fsp3) is 0.462. The van der Waals surface area contributed by atoms with Crippen molar-refractivity contribution in [1.82, 2.24) is 0 Å². The molecule has 0 bridgehead atoms. The molecule has 0 heterocycles. The lowest BCUT2D eigenvalue weighted by Gasteiger charge is -2.16. The summed E-state index contributed by atoms with van der Waals surface area (Å²) in [4.78, 5) is 10.1. The van der Waals surface area contributed by atoms with Crippen LogP contribution in [0.25, 0.3) is 0 Å². The Morgan fingerprint density at radius 2 is 2.32 bits per heavy atom. The van der Waals surface area contributed by atoms with Gasteiger partial charge in [0, 0.05) is 24.6 Å². The molecule has 2 atom stereocenters. The summed E-state index contributed by atoms with van der Waals surface area (Å²) >= 11 is 0. The Hall–Kier alpha value is -2.13. The van der Waals surface area contributed by atoms with Gasteiger partial charge in [-0.2, -0.15) is 5.26 Å². The van der Waals surface area contributed by atoms with Gasteiger partial charge in [0.1, 0.15) is 6.07 Å². The number of nitriles is 1. The Labute approximate surface area is 110 Å². The van der Waals surface area contributed by atoms with Crippen LogP contribution in [0, 0.1) is 27.4 Å². The number of nitro benzene ring substituents is 1. The second-order valence-corrected chi connectivity index (χ2v) is 4.74. The van der Waals surface area contributed by atoms with Crippen molar-refractivity contribution < 1.29 is 10.0 Å². The molecule has 2 unspecified atom stereocenters. The fourth-order valence-electron chi connectivity index (χ4n) is 2.39. The van der Waals surface area contributed by atoms with E-state index in [1.165, 1.54) is 18.2 Å². The predicted octanol–water partition coefficient (Wildman–Crippen LogP) is 2.04. The van der Waals surface area contributed by atoms with Crippen molar-refractivity contribution in [3.63, 3.8) is 0 Å². The van der Waals surface area contributed by atoms with E-state index in [0.717, 1.165) is 19.3 Å². The lowest BCUT2D eigenvalue weighted by molar-refractivity contribution is -0.384. The lowest BCUT2D eigenvalue weighted by atomic mass is 10.1. The van der Waals surface area contributed by atoms with Gasteiger partial charge in [0.2, 0.25) is 0 Å². The first kappa shape index (κ1) is 13.3. The third kappa shape index (κ3) is 3.01. The quantitative estimate of drug-likeness (QED) is 0.638. The van der Waals surface area contributed by atoms with E-state index >= 15 is 0 Å². The first-order valence-electron chi connectivity index (χ1n) is 6.22. The Morgan fingerprint density at radius 3 is 2.89 bits per heavy atom. The minimum absolute atomic E-state index is 0.0944. The zero-order valence-electron chi connectivity index (χ0n) is 10.4. The van der Waals surface area contributed by atoms with Crippen molar-refractivity contribution in [2.45, 2.75) is 25.4 Å². The number of benzene rings is 1. The summed E-state index contributed by atoms with van der Waals surface area (Å²) in [6.45, 7) is 0.577. The lowest BCUT2D eigenvalue weighted by Crippen LogP contribution is -2.22. The van der Waals surface area contributed by atoms with E-state index in [0.29, 0.717) is 12.2 Å². The molecule has 1 aromatic carbocycles. The van der Waals surface area contributed by atoms with Crippen LogP contribution in [0.5, 0.6) is 0 Å². The van der Waals surface area contributed by atoms with Gasteiger partial charge in [-0.15, -0.1) is 0 Å². The molecule has 1 aromatic rings. The number of nitro groups is 1. The van der Waals surface area contributed by atoms with Gasteiger partial charge in [0.15, 0.2) is 0 Å². The molecule has 0 spiro atoms. The van der Waals surface area contributed by atoms with E-state index < -0.39 is 4.92 Å². The number of aliphatic hydroxyl groups excluding tert-OH is 1. The molecule has 6 heteroatoms. The smallest absolute Gasteiger partial charge is 0.270 e. The van der Waals surface area contributed by atoms with Gasteiger partial charge >= 0.3 is 0 Å². The van der Waals surface area contributed by atoms with Crippen LogP contribution in [-0.2, 0) is 0 Å². The van der Waals surface area contributed by atoms with Crippen molar-refractivity contribution in [3.8, 4) is 6.07 Å². The van der Waals surface area contributed by atoms with Crippen LogP contribution < -0.4 is 5.32 Å². The Morgan fingerprint density at radius 1 is 1.53 bits per heavy atom. The molecule has 6 nitrogen and oxygen atoms in total. The zero-order chi connectivity index (χ0) is 13.8. The summed E-state index contributed by atoms with van der Waals surface area (Å²) in [6.07, 6.45) is 2.50. The van der Waals surface area contributed by atoms with E-state index in [4.69, 9.17) is 5.26 Å². The molecule has 1 aliphatic carbocycles. The first-order chi connectivity index (χ1) is 9.11. The highest BCUT2D eigenvalue weighted by molar-refractivity contribution is 5.61. The van der Waals surface area contributed by atoms with E-state index in [1.54, 1.807) is 0 Å². The molecular weight excluding hydrogens is 246 g/mol. The average Bonchev–Trinajstić information content (AvgIpc) is 2.81.